The predicted octanol–water partition coefficient (Wildman–Crippen LogP) is 3.10. The van der Waals surface area contributed by atoms with Gasteiger partial charge in [-0.1, -0.05) is 35.5 Å². The van der Waals surface area contributed by atoms with Crippen molar-refractivity contribution in [3.63, 3.8) is 0 Å². The Balaban J connectivity index is 1.45. The Morgan fingerprint density at radius 2 is 1.70 bits per heavy atom. The van der Waals surface area contributed by atoms with E-state index in [9.17, 15) is 13.2 Å². The van der Waals surface area contributed by atoms with E-state index in [1.165, 1.54) is 0 Å². The Kier molecular flexibility index (Phi) is 5.20. The van der Waals surface area contributed by atoms with Gasteiger partial charge in [0, 0.05) is 11.3 Å². The molecule has 3 aromatic carbocycles. The van der Waals surface area contributed by atoms with Gasteiger partial charge in [-0.3, -0.25) is 9.52 Å². The molecule has 0 bridgehead atoms. The third-order valence-electron chi connectivity index (χ3n) is 4.39. The molecule has 152 valence electrons. The minimum Gasteiger partial charge on any atom is -0.322 e. The summed E-state index contributed by atoms with van der Waals surface area (Å²) in [7, 11) is -3.39. The van der Waals surface area contributed by atoms with Gasteiger partial charge in [0.25, 0.3) is 5.91 Å². The Hall–Kier alpha value is -3.72. The van der Waals surface area contributed by atoms with Gasteiger partial charge in [0.2, 0.25) is 10.0 Å². The summed E-state index contributed by atoms with van der Waals surface area (Å²) in [6.45, 7) is 0.543. The van der Waals surface area contributed by atoms with Crippen molar-refractivity contribution >= 4 is 38.3 Å². The van der Waals surface area contributed by atoms with Crippen LogP contribution in [0.5, 0.6) is 0 Å². The number of carbonyl (C=O) groups is 1. The van der Waals surface area contributed by atoms with E-state index in [1.54, 1.807) is 36.4 Å². The molecule has 0 aliphatic rings. The molecule has 9 heteroatoms. The van der Waals surface area contributed by atoms with Gasteiger partial charge in [0.15, 0.2) is 0 Å². The molecule has 0 atom stereocenters. The van der Waals surface area contributed by atoms with Crippen LogP contribution in [0.25, 0.3) is 11.0 Å². The maximum absolute atomic E-state index is 12.5. The van der Waals surface area contributed by atoms with Crippen LogP contribution in [0.1, 0.15) is 15.9 Å². The molecule has 4 rings (SSSR count). The summed E-state index contributed by atoms with van der Waals surface area (Å²) in [5, 5.41) is 11.1. The Labute approximate surface area is 173 Å². The topological polar surface area (TPSA) is 106 Å². The smallest absolute Gasteiger partial charge is 0.255 e. The van der Waals surface area contributed by atoms with E-state index in [2.05, 4.69) is 20.4 Å². The highest BCUT2D eigenvalue weighted by Crippen LogP contribution is 2.18. The van der Waals surface area contributed by atoms with E-state index in [0.29, 0.717) is 23.5 Å². The van der Waals surface area contributed by atoms with Gasteiger partial charge in [0.05, 0.1) is 24.0 Å². The summed E-state index contributed by atoms with van der Waals surface area (Å²) in [6.07, 6.45) is 1.07. The van der Waals surface area contributed by atoms with Crippen molar-refractivity contribution < 1.29 is 13.2 Å². The highest BCUT2D eigenvalue weighted by molar-refractivity contribution is 7.92. The third-order valence-corrected chi connectivity index (χ3v) is 5.00. The molecule has 0 unspecified atom stereocenters. The van der Waals surface area contributed by atoms with Crippen LogP contribution in [0.2, 0.25) is 0 Å². The quantitative estimate of drug-likeness (QED) is 0.498. The summed E-state index contributed by atoms with van der Waals surface area (Å²) >= 11 is 0. The first-order chi connectivity index (χ1) is 14.4. The van der Waals surface area contributed by atoms with Crippen molar-refractivity contribution in [3.8, 4) is 0 Å². The van der Waals surface area contributed by atoms with E-state index >= 15 is 0 Å². The lowest BCUT2D eigenvalue weighted by molar-refractivity contribution is 0.102. The van der Waals surface area contributed by atoms with Gasteiger partial charge in [-0.05, 0) is 48.0 Å². The molecular formula is C21H19N5O3S. The lowest BCUT2D eigenvalue weighted by Gasteiger charge is -2.09. The van der Waals surface area contributed by atoms with Crippen LogP contribution in [0.3, 0.4) is 0 Å². The van der Waals surface area contributed by atoms with Gasteiger partial charge in [0.1, 0.15) is 5.52 Å². The number of anilines is 2. The van der Waals surface area contributed by atoms with Crippen LogP contribution in [-0.4, -0.2) is 35.6 Å². The number of sulfonamides is 1. The molecule has 2 N–H and O–H groups in total. The van der Waals surface area contributed by atoms with Crippen LogP contribution < -0.4 is 10.0 Å². The van der Waals surface area contributed by atoms with Crippen LogP contribution in [0, 0.1) is 0 Å². The molecular weight excluding hydrogens is 402 g/mol. The molecule has 0 saturated carbocycles. The molecule has 30 heavy (non-hydrogen) atoms. The summed E-state index contributed by atoms with van der Waals surface area (Å²) in [5.74, 6) is -0.288. The number of amides is 1. The first-order valence-electron chi connectivity index (χ1n) is 9.14. The average molecular weight is 421 g/mol. The van der Waals surface area contributed by atoms with E-state index in [1.807, 2.05) is 41.1 Å². The number of carbonyl (C=O) groups excluding carboxylic acids is 1. The normalized spacial score (nSPS) is 11.4. The molecule has 0 saturated heterocycles. The summed E-state index contributed by atoms with van der Waals surface area (Å²) < 4.78 is 26.9. The van der Waals surface area contributed by atoms with Gasteiger partial charge >= 0.3 is 0 Å². The zero-order chi connectivity index (χ0) is 21.1. The minimum atomic E-state index is -3.39. The number of nitrogens with zero attached hydrogens (tertiary/aromatic N) is 3. The number of aromatic nitrogens is 3. The fourth-order valence-electron chi connectivity index (χ4n) is 3.05. The minimum absolute atomic E-state index is 0.288. The van der Waals surface area contributed by atoms with Gasteiger partial charge < -0.3 is 5.32 Å². The van der Waals surface area contributed by atoms with Crippen LogP contribution >= 0.6 is 0 Å². The zero-order valence-electron chi connectivity index (χ0n) is 16.1. The molecule has 0 aliphatic heterocycles. The lowest BCUT2D eigenvalue weighted by Crippen LogP contribution is -2.13. The first kappa shape index (κ1) is 19.6. The number of para-hydroxylation sites is 1. The van der Waals surface area contributed by atoms with Gasteiger partial charge in [-0.2, -0.15) is 0 Å². The second kappa shape index (κ2) is 7.96. The van der Waals surface area contributed by atoms with Crippen molar-refractivity contribution in [2.45, 2.75) is 6.54 Å². The summed E-state index contributed by atoms with van der Waals surface area (Å²) in [5.41, 5.74) is 4.13. The zero-order valence-corrected chi connectivity index (χ0v) is 16.9. The molecule has 1 amide bonds. The van der Waals surface area contributed by atoms with E-state index in [4.69, 9.17) is 0 Å². The fourth-order valence-corrected chi connectivity index (χ4v) is 3.60. The Bertz CT molecular complexity index is 1310. The van der Waals surface area contributed by atoms with E-state index in [0.717, 1.165) is 22.9 Å². The Morgan fingerprint density at radius 1 is 0.967 bits per heavy atom. The number of fused-ring (bicyclic) bond motifs is 1. The monoisotopic (exact) mass is 421 g/mol. The van der Waals surface area contributed by atoms with E-state index < -0.39 is 10.0 Å². The van der Waals surface area contributed by atoms with Crippen LogP contribution in [0.15, 0.2) is 72.8 Å². The van der Waals surface area contributed by atoms with Gasteiger partial charge in [-0.25, -0.2) is 13.1 Å². The number of rotatable bonds is 6. The van der Waals surface area contributed by atoms with Crippen LogP contribution in [-0.2, 0) is 16.6 Å². The van der Waals surface area contributed by atoms with Crippen LogP contribution in [0.4, 0.5) is 11.4 Å². The standard InChI is InChI=1S/C21H19N5O3S/c1-30(28,29)24-18-6-4-5-17(13-18)22-21(27)16-11-9-15(10-12-16)14-26-20-8-3-2-7-19(20)23-25-26/h2-13,24H,14H2,1H3,(H,22,27). The number of hydrogen-bond acceptors (Lipinski definition) is 5. The summed E-state index contributed by atoms with van der Waals surface area (Å²) in [6, 6.07) is 21.5. The summed E-state index contributed by atoms with van der Waals surface area (Å²) in [4.78, 5) is 12.5. The van der Waals surface area contributed by atoms with Crippen molar-refractivity contribution in [2.24, 2.45) is 0 Å². The Morgan fingerprint density at radius 3 is 2.47 bits per heavy atom. The molecule has 0 aliphatic carbocycles. The lowest BCUT2D eigenvalue weighted by atomic mass is 10.1. The number of hydrogen-bond donors (Lipinski definition) is 2. The average Bonchev–Trinajstić information content (AvgIpc) is 3.10. The highest BCUT2D eigenvalue weighted by Gasteiger charge is 2.09. The predicted molar refractivity (Wildman–Crippen MR) is 116 cm³/mol. The second-order valence-corrected chi connectivity index (χ2v) is 8.59. The molecule has 1 aromatic heterocycles. The number of benzene rings is 3. The van der Waals surface area contributed by atoms with Crippen molar-refractivity contribution in [1.29, 1.82) is 0 Å². The number of nitrogens with one attached hydrogen (secondary N) is 2. The maximum atomic E-state index is 12.5. The molecule has 8 nitrogen and oxygen atoms in total. The van der Waals surface area contributed by atoms with Crippen molar-refractivity contribution in [2.75, 3.05) is 16.3 Å². The van der Waals surface area contributed by atoms with E-state index in [-0.39, 0.29) is 5.91 Å². The SMILES string of the molecule is CS(=O)(=O)Nc1cccc(NC(=O)c2ccc(Cn3nnc4ccccc43)cc2)c1. The second-order valence-electron chi connectivity index (χ2n) is 6.84. The fraction of sp³-hybridized carbons (Fsp3) is 0.0952. The maximum Gasteiger partial charge on any atom is 0.255 e. The molecule has 0 radical (unpaired) electrons. The molecule has 4 aromatic rings. The molecule has 0 spiro atoms. The van der Waals surface area contributed by atoms with Crippen molar-refractivity contribution in [3.05, 3.63) is 83.9 Å². The first-order valence-corrected chi connectivity index (χ1v) is 11.0. The van der Waals surface area contributed by atoms with Gasteiger partial charge in [-0.15, -0.1) is 5.10 Å². The third kappa shape index (κ3) is 4.64. The highest BCUT2D eigenvalue weighted by atomic mass is 32.2. The largest absolute Gasteiger partial charge is 0.322 e. The molecule has 1 heterocycles. The molecule has 0 fully saturated rings. The van der Waals surface area contributed by atoms with Crippen molar-refractivity contribution in [1.82, 2.24) is 15.0 Å².